The molecular formula is C14H24F3NO4. The zero-order chi connectivity index (χ0) is 17.0. The molecule has 22 heavy (non-hydrogen) atoms. The first-order chi connectivity index (χ1) is 9.96. The lowest BCUT2D eigenvalue weighted by Crippen LogP contribution is -2.40. The van der Waals surface area contributed by atoms with Crippen molar-refractivity contribution in [1.29, 1.82) is 0 Å². The van der Waals surface area contributed by atoms with Crippen LogP contribution < -0.4 is 0 Å². The maximum atomic E-state index is 12.0. The van der Waals surface area contributed by atoms with Gasteiger partial charge in [0, 0.05) is 6.54 Å². The Balaban J connectivity index is 2.46. The van der Waals surface area contributed by atoms with Gasteiger partial charge in [-0.3, -0.25) is 0 Å². The van der Waals surface area contributed by atoms with Gasteiger partial charge in [0.05, 0.1) is 12.1 Å². The van der Waals surface area contributed by atoms with Crippen molar-refractivity contribution in [2.45, 2.75) is 57.9 Å². The zero-order valence-electron chi connectivity index (χ0n) is 13.5. The summed E-state index contributed by atoms with van der Waals surface area (Å²) < 4.78 is 51.3. The van der Waals surface area contributed by atoms with Crippen LogP contribution in [0.3, 0.4) is 0 Å². The van der Waals surface area contributed by atoms with Crippen LogP contribution in [0.2, 0.25) is 0 Å². The van der Waals surface area contributed by atoms with Crippen LogP contribution in [0.25, 0.3) is 0 Å². The lowest BCUT2D eigenvalue weighted by molar-refractivity contribution is -0.214. The van der Waals surface area contributed by atoms with Crippen LogP contribution in [0, 0.1) is 0 Å². The van der Waals surface area contributed by atoms with Crippen LogP contribution in [0.15, 0.2) is 0 Å². The molecule has 1 rings (SSSR count). The van der Waals surface area contributed by atoms with Crippen molar-refractivity contribution >= 4 is 6.09 Å². The third kappa shape index (κ3) is 6.39. The molecule has 0 aromatic heterocycles. The largest absolute Gasteiger partial charge is 0.444 e. The number of likely N-dealkylation sites (tertiary alicyclic amines) is 1. The number of amides is 1. The number of hydrogen-bond donors (Lipinski definition) is 0. The molecule has 1 unspecified atom stereocenters. The number of rotatable bonds is 5. The van der Waals surface area contributed by atoms with Crippen molar-refractivity contribution in [3.05, 3.63) is 0 Å². The highest BCUT2D eigenvalue weighted by atomic mass is 19.4. The van der Waals surface area contributed by atoms with E-state index in [1.807, 2.05) is 6.92 Å². The number of ether oxygens (including phenoxy) is 3. The normalized spacial score (nSPS) is 23.0. The molecule has 1 heterocycles. The SMILES string of the molecule is CCC1(OCOCC(F)(F)F)CCN(C(=O)OC(C)(C)C)C1. The van der Waals surface area contributed by atoms with E-state index < -0.39 is 36.9 Å². The molecule has 130 valence electrons. The van der Waals surface area contributed by atoms with Gasteiger partial charge < -0.3 is 19.1 Å². The van der Waals surface area contributed by atoms with Gasteiger partial charge in [-0.1, -0.05) is 6.92 Å². The van der Waals surface area contributed by atoms with Crippen LogP contribution in [-0.4, -0.2) is 54.9 Å². The Morgan fingerprint density at radius 3 is 2.41 bits per heavy atom. The van der Waals surface area contributed by atoms with E-state index in [1.165, 1.54) is 4.90 Å². The predicted octanol–water partition coefficient (Wildman–Crippen LogP) is 3.33. The topological polar surface area (TPSA) is 48.0 Å². The summed E-state index contributed by atoms with van der Waals surface area (Å²) in [5.74, 6) is 0. The molecule has 1 aliphatic rings. The molecule has 0 aromatic carbocycles. The lowest BCUT2D eigenvalue weighted by atomic mass is 10.00. The Kier molecular flexibility index (Phi) is 6.09. The molecule has 8 heteroatoms. The smallest absolute Gasteiger partial charge is 0.411 e. The van der Waals surface area contributed by atoms with Gasteiger partial charge in [-0.2, -0.15) is 13.2 Å². The van der Waals surface area contributed by atoms with Gasteiger partial charge in [-0.05, 0) is 33.6 Å². The molecule has 0 bridgehead atoms. The van der Waals surface area contributed by atoms with Crippen LogP contribution in [0.1, 0.15) is 40.5 Å². The van der Waals surface area contributed by atoms with Crippen molar-refractivity contribution in [3.63, 3.8) is 0 Å². The molecule has 0 radical (unpaired) electrons. The maximum absolute atomic E-state index is 12.0. The molecule has 1 fully saturated rings. The van der Waals surface area contributed by atoms with Crippen LogP contribution in [0.4, 0.5) is 18.0 Å². The third-order valence-electron chi connectivity index (χ3n) is 3.33. The van der Waals surface area contributed by atoms with E-state index in [0.29, 0.717) is 19.4 Å². The highest BCUT2D eigenvalue weighted by Gasteiger charge is 2.41. The molecule has 0 saturated carbocycles. The Hall–Kier alpha value is -1.02. The molecule has 5 nitrogen and oxygen atoms in total. The Morgan fingerprint density at radius 1 is 1.27 bits per heavy atom. The van der Waals surface area contributed by atoms with Gasteiger partial charge in [0.1, 0.15) is 19.0 Å². The minimum Gasteiger partial charge on any atom is -0.444 e. The monoisotopic (exact) mass is 327 g/mol. The number of carbonyl (C=O) groups excluding carboxylic acids is 1. The standard InChI is InChI=1S/C14H24F3NO4/c1-5-13(21-10-20-9-14(15,16)17)6-7-18(8-13)11(19)22-12(2,3)4/h5-10H2,1-4H3. The van der Waals surface area contributed by atoms with Gasteiger partial charge in [0.2, 0.25) is 0 Å². The van der Waals surface area contributed by atoms with Gasteiger partial charge in [-0.25, -0.2) is 4.79 Å². The minimum atomic E-state index is -4.37. The first-order valence-corrected chi connectivity index (χ1v) is 7.23. The summed E-state index contributed by atoms with van der Waals surface area (Å²) in [6, 6.07) is 0. The fraction of sp³-hybridized carbons (Fsp3) is 0.929. The molecule has 0 aromatic rings. The first-order valence-electron chi connectivity index (χ1n) is 7.23. The molecule has 0 aliphatic carbocycles. The molecule has 1 aliphatic heterocycles. The summed E-state index contributed by atoms with van der Waals surface area (Å²) in [5, 5.41) is 0. The predicted molar refractivity (Wildman–Crippen MR) is 73.4 cm³/mol. The average Bonchev–Trinajstić information content (AvgIpc) is 2.77. The van der Waals surface area contributed by atoms with Crippen molar-refractivity contribution in [1.82, 2.24) is 4.90 Å². The summed E-state index contributed by atoms with van der Waals surface area (Å²) in [4.78, 5) is 13.5. The van der Waals surface area contributed by atoms with Gasteiger partial charge >= 0.3 is 12.3 Å². The van der Waals surface area contributed by atoms with E-state index in [-0.39, 0.29) is 6.54 Å². The minimum absolute atomic E-state index is 0.286. The van der Waals surface area contributed by atoms with Gasteiger partial charge in [0.15, 0.2) is 0 Å². The van der Waals surface area contributed by atoms with E-state index in [0.717, 1.165) is 0 Å². The molecule has 0 N–H and O–H groups in total. The molecule has 1 amide bonds. The highest BCUT2D eigenvalue weighted by molar-refractivity contribution is 5.68. The van der Waals surface area contributed by atoms with Crippen molar-refractivity contribution < 1.29 is 32.2 Å². The molecular weight excluding hydrogens is 303 g/mol. The van der Waals surface area contributed by atoms with Crippen LogP contribution in [-0.2, 0) is 14.2 Å². The average molecular weight is 327 g/mol. The number of hydrogen-bond acceptors (Lipinski definition) is 4. The fourth-order valence-corrected chi connectivity index (χ4v) is 2.16. The summed E-state index contributed by atoms with van der Waals surface area (Å²) in [5.41, 5.74) is -1.27. The summed E-state index contributed by atoms with van der Waals surface area (Å²) >= 11 is 0. The Labute approximate surface area is 128 Å². The van der Waals surface area contributed by atoms with Gasteiger partial charge in [0.25, 0.3) is 0 Å². The number of halogens is 3. The second-order valence-electron chi connectivity index (χ2n) is 6.41. The summed E-state index contributed by atoms with van der Waals surface area (Å²) in [7, 11) is 0. The van der Waals surface area contributed by atoms with Crippen molar-refractivity contribution in [3.8, 4) is 0 Å². The van der Waals surface area contributed by atoms with Crippen LogP contribution in [0.5, 0.6) is 0 Å². The van der Waals surface area contributed by atoms with Gasteiger partial charge in [-0.15, -0.1) is 0 Å². The zero-order valence-corrected chi connectivity index (χ0v) is 13.5. The number of nitrogens with zero attached hydrogens (tertiary/aromatic N) is 1. The van der Waals surface area contributed by atoms with Crippen molar-refractivity contribution in [2.75, 3.05) is 26.5 Å². The van der Waals surface area contributed by atoms with E-state index in [9.17, 15) is 18.0 Å². The first kappa shape index (κ1) is 19.0. The second kappa shape index (κ2) is 7.04. The molecule has 1 atom stereocenters. The quantitative estimate of drug-likeness (QED) is 0.574. The van der Waals surface area contributed by atoms with Crippen LogP contribution >= 0.6 is 0 Å². The summed E-state index contributed by atoms with van der Waals surface area (Å²) in [6.45, 7) is 6.12. The lowest BCUT2D eigenvalue weighted by Gasteiger charge is -2.29. The second-order valence-corrected chi connectivity index (χ2v) is 6.41. The van der Waals surface area contributed by atoms with E-state index in [1.54, 1.807) is 20.8 Å². The molecule has 0 spiro atoms. The number of alkyl halides is 3. The Morgan fingerprint density at radius 2 is 1.91 bits per heavy atom. The maximum Gasteiger partial charge on any atom is 0.411 e. The third-order valence-corrected chi connectivity index (χ3v) is 3.33. The fourth-order valence-electron chi connectivity index (χ4n) is 2.16. The van der Waals surface area contributed by atoms with Crippen molar-refractivity contribution in [2.24, 2.45) is 0 Å². The highest BCUT2D eigenvalue weighted by Crippen LogP contribution is 2.30. The van der Waals surface area contributed by atoms with E-state index >= 15 is 0 Å². The number of carbonyl (C=O) groups is 1. The Bertz CT molecular complexity index is 381. The van der Waals surface area contributed by atoms with E-state index in [2.05, 4.69) is 4.74 Å². The van der Waals surface area contributed by atoms with E-state index in [4.69, 9.17) is 9.47 Å². The summed E-state index contributed by atoms with van der Waals surface area (Å²) in [6.07, 6.45) is -3.71. The molecule has 1 saturated heterocycles.